The summed E-state index contributed by atoms with van der Waals surface area (Å²) in [5.41, 5.74) is 0.558. The molecule has 0 spiro atoms. The average Bonchev–Trinajstić information content (AvgIpc) is 2.55. The molecule has 3 rings (SSSR count). The van der Waals surface area contributed by atoms with Crippen molar-refractivity contribution in [3.63, 3.8) is 0 Å². The normalized spacial score (nSPS) is 20.3. The van der Waals surface area contributed by atoms with E-state index in [1.165, 1.54) is 19.3 Å². The molecule has 1 aromatic rings. The van der Waals surface area contributed by atoms with E-state index < -0.39 is 0 Å². The Bertz CT molecular complexity index is 531. The quantitative estimate of drug-likeness (QED) is 0.842. The molecule has 0 bridgehead atoms. The monoisotopic (exact) mass is 302 g/mol. The molecule has 0 atom stereocenters. The van der Waals surface area contributed by atoms with E-state index in [2.05, 4.69) is 21.8 Å². The maximum atomic E-state index is 12.7. The van der Waals surface area contributed by atoms with Crippen molar-refractivity contribution in [2.75, 3.05) is 31.1 Å². The maximum absolute atomic E-state index is 12.7. The van der Waals surface area contributed by atoms with E-state index in [1.54, 1.807) is 0 Å². The smallest absolute Gasteiger partial charge is 0.272 e. The van der Waals surface area contributed by atoms with Crippen LogP contribution in [0.25, 0.3) is 0 Å². The molecule has 120 valence electrons. The number of anilines is 1. The van der Waals surface area contributed by atoms with Gasteiger partial charge in [-0.2, -0.15) is 0 Å². The molecule has 5 heteroatoms. The first kappa shape index (κ1) is 15.3. The number of piperidine rings is 2. The lowest BCUT2D eigenvalue weighted by molar-refractivity contribution is 0.0718. The van der Waals surface area contributed by atoms with Gasteiger partial charge in [-0.25, -0.2) is 9.97 Å². The molecule has 0 radical (unpaired) electrons. The third-order valence-electron chi connectivity index (χ3n) is 4.79. The van der Waals surface area contributed by atoms with Crippen LogP contribution in [0.2, 0.25) is 0 Å². The van der Waals surface area contributed by atoms with Gasteiger partial charge in [-0.3, -0.25) is 4.79 Å². The van der Waals surface area contributed by atoms with Gasteiger partial charge in [0.05, 0.1) is 0 Å². The Balaban J connectivity index is 1.78. The van der Waals surface area contributed by atoms with Crippen LogP contribution in [-0.2, 0) is 0 Å². The number of aryl methyl sites for hydroxylation is 1. The van der Waals surface area contributed by atoms with Gasteiger partial charge in [0.15, 0.2) is 0 Å². The largest absolute Gasteiger partial charge is 0.356 e. The molecular formula is C17H26N4O. The van der Waals surface area contributed by atoms with Crippen molar-refractivity contribution in [3.8, 4) is 0 Å². The van der Waals surface area contributed by atoms with Crippen molar-refractivity contribution in [2.24, 2.45) is 5.92 Å². The molecule has 2 aliphatic heterocycles. The second-order valence-corrected chi connectivity index (χ2v) is 6.68. The standard InChI is InChI=1S/C17H26N4O/c1-13-6-10-20(11-7-13)16-12-15(18-14(2)19-16)17(22)21-8-4-3-5-9-21/h12-13H,3-11H2,1-2H3. The maximum Gasteiger partial charge on any atom is 0.272 e. The van der Waals surface area contributed by atoms with Crippen LogP contribution < -0.4 is 4.90 Å². The van der Waals surface area contributed by atoms with E-state index in [0.29, 0.717) is 11.5 Å². The van der Waals surface area contributed by atoms with E-state index in [1.807, 2.05) is 17.9 Å². The fourth-order valence-corrected chi connectivity index (χ4v) is 3.32. The van der Waals surface area contributed by atoms with Gasteiger partial charge >= 0.3 is 0 Å². The minimum Gasteiger partial charge on any atom is -0.356 e. The molecule has 2 saturated heterocycles. The molecule has 2 fully saturated rings. The number of amides is 1. The Morgan fingerprint density at radius 1 is 1.09 bits per heavy atom. The molecule has 0 aliphatic carbocycles. The van der Waals surface area contributed by atoms with Crippen LogP contribution in [0, 0.1) is 12.8 Å². The first-order chi connectivity index (χ1) is 10.6. The van der Waals surface area contributed by atoms with Gasteiger partial charge in [0.1, 0.15) is 17.3 Å². The van der Waals surface area contributed by atoms with Crippen LogP contribution in [0.15, 0.2) is 6.07 Å². The van der Waals surface area contributed by atoms with E-state index in [4.69, 9.17) is 0 Å². The average molecular weight is 302 g/mol. The number of rotatable bonds is 2. The van der Waals surface area contributed by atoms with Gasteiger partial charge in [-0.1, -0.05) is 6.92 Å². The van der Waals surface area contributed by atoms with Crippen LogP contribution in [0.1, 0.15) is 55.3 Å². The third-order valence-corrected chi connectivity index (χ3v) is 4.79. The molecule has 0 aromatic carbocycles. The van der Waals surface area contributed by atoms with Crippen molar-refractivity contribution < 1.29 is 4.79 Å². The Labute approximate surface area is 132 Å². The summed E-state index contributed by atoms with van der Waals surface area (Å²) in [5, 5.41) is 0. The van der Waals surface area contributed by atoms with Crippen molar-refractivity contribution >= 4 is 11.7 Å². The molecule has 1 aromatic heterocycles. The summed E-state index contributed by atoms with van der Waals surface area (Å²) in [4.78, 5) is 25.8. The van der Waals surface area contributed by atoms with E-state index in [-0.39, 0.29) is 5.91 Å². The first-order valence-electron chi connectivity index (χ1n) is 8.53. The van der Waals surface area contributed by atoms with Gasteiger partial charge in [-0.05, 0) is 44.9 Å². The Hall–Kier alpha value is -1.65. The van der Waals surface area contributed by atoms with E-state index in [9.17, 15) is 4.79 Å². The predicted octanol–water partition coefficient (Wildman–Crippen LogP) is 2.65. The van der Waals surface area contributed by atoms with Crippen LogP contribution in [0.5, 0.6) is 0 Å². The highest BCUT2D eigenvalue weighted by molar-refractivity contribution is 5.93. The van der Waals surface area contributed by atoms with Crippen LogP contribution in [0.4, 0.5) is 5.82 Å². The SMILES string of the molecule is Cc1nc(C(=O)N2CCCCC2)cc(N2CCC(C)CC2)n1. The molecule has 0 unspecified atom stereocenters. The fraction of sp³-hybridized carbons (Fsp3) is 0.706. The Kier molecular flexibility index (Phi) is 4.60. The van der Waals surface area contributed by atoms with Gasteiger partial charge in [0, 0.05) is 32.2 Å². The molecule has 1 amide bonds. The fourth-order valence-electron chi connectivity index (χ4n) is 3.32. The topological polar surface area (TPSA) is 49.3 Å². The van der Waals surface area contributed by atoms with Crippen molar-refractivity contribution in [1.82, 2.24) is 14.9 Å². The van der Waals surface area contributed by atoms with E-state index in [0.717, 1.165) is 50.8 Å². The van der Waals surface area contributed by atoms with Crippen molar-refractivity contribution in [3.05, 3.63) is 17.6 Å². The molecule has 3 heterocycles. The summed E-state index contributed by atoms with van der Waals surface area (Å²) in [7, 11) is 0. The highest BCUT2D eigenvalue weighted by atomic mass is 16.2. The Morgan fingerprint density at radius 2 is 1.77 bits per heavy atom. The number of carbonyl (C=O) groups excluding carboxylic acids is 1. The Morgan fingerprint density at radius 3 is 2.45 bits per heavy atom. The molecule has 22 heavy (non-hydrogen) atoms. The molecule has 2 aliphatic rings. The number of nitrogens with zero attached hydrogens (tertiary/aromatic N) is 4. The summed E-state index contributed by atoms with van der Waals surface area (Å²) < 4.78 is 0. The van der Waals surface area contributed by atoms with Crippen LogP contribution >= 0.6 is 0 Å². The van der Waals surface area contributed by atoms with Crippen LogP contribution in [-0.4, -0.2) is 47.0 Å². The summed E-state index contributed by atoms with van der Waals surface area (Å²) in [6.45, 7) is 7.94. The lowest BCUT2D eigenvalue weighted by Gasteiger charge is -2.31. The number of carbonyl (C=O) groups is 1. The summed E-state index contributed by atoms with van der Waals surface area (Å²) in [6, 6.07) is 1.89. The number of hydrogen-bond acceptors (Lipinski definition) is 4. The number of aromatic nitrogens is 2. The summed E-state index contributed by atoms with van der Waals surface area (Å²) in [6.07, 6.45) is 5.82. The lowest BCUT2D eigenvalue weighted by atomic mass is 9.99. The second kappa shape index (κ2) is 6.63. The first-order valence-corrected chi connectivity index (χ1v) is 8.53. The molecule has 5 nitrogen and oxygen atoms in total. The molecular weight excluding hydrogens is 276 g/mol. The second-order valence-electron chi connectivity index (χ2n) is 6.68. The number of hydrogen-bond donors (Lipinski definition) is 0. The minimum absolute atomic E-state index is 0.0665. The lowest BCUT2D eigenvalue weighted by Crippen LogP contribution is -2.37. The van der Waals surface area contributed by atoms with Crippen molar-refractivity contribution in [2.45, 2.75) is 46.0 Å². The van der Waals surface area contributed by atoms with E-state index >= 15 is 0 Å². The summed E-state index contributed by atoms with van der Waals surface area (Å²) in [5.74, 6) is 2.46. The van der Waals surface area contributed by atoms with Gasteiger partial charge in [-0.15, -0.1) is 0 Å². The molecule has 0 saturated carbocycles. The highest BCUT2D eigenvalue weighted by Gasteiger charge is 2.23. The van der Waals surface area contributed by atoms with Gasteiger partial charge in [0.2, 0.25) is 0 Å². The zero-order chi connectivity index (χ0) is 15.5. The predicted molar refractivity (Wildman–Crippen MR) is 87.1 cm³/mol. The molecule has 0 N–H and O–H groups in total. The minimum atomic E-state index is 0.0665. The van der Waals surface area contributed by atoms with Crippen LogP contribution in [0.3, 0.4) is 0 Å². The highest BCUT2D eigenvalue weighted by Crippen LogP contribution is 2.22. The van der Waals surface area contributed by atoms with Gasteiger partial charge < -0.3 is 9.80 Å². The van der Waals surface area contributed by atoms with Crippen molar-refractivity contribution in [1.29, 1.82) is 0 Å². The zero-order valence-corrected chi connectivity index (χ0v) is 13.7. The number of likely N-dealkylation sites (tertiary alicyclic amines) is 1. The third kappa shape index (κ3) is 3.39. The van der Waals surface area contributed by atoms with Gasteiger partial charge in [0.25, 0.3) is 5.91 Å². The zero-order valence-electron chi connectivity index (χ0n) is 13.7. The summed E-state index contributed by atoms with van der Waals surface area (Å²) >= 11 is 0.